The van der Waals surface area contributed by atoms with Crippen molar-refractivity contribution in [2.45, 2.75) is 18.9 Å². The molecule has 0 radical (unpaired) electrons. The minimum atomic E-state index is -0.253. The highest BCUT2D eigenvalue weighted by molar-refractivity contribution is 5.92. The average molecular weight is 384 g/mol. The Morgan fingerprint density at radius 2 is 1.76 bits per heavy atom. The first-order valence-corrected chi connectivity index (χ1v) is 7.91. The number of nitrogens with two attached hydrogens (primary N) is 1. The number of aromatic nitrogens is 2. The number of carbonyl (C=O) groups is 1. The Hall–Kier alpha value is -1.89. The zero-order valence-corrected chi connectivity index (χ0v) is 15.4. The van der Waals surface area contributed by atoms with E-state index in [1.54, 1.807) is 6.07 Å². The quantitative estimate of drug-likeness (QED) is 0.827. The Morgan fingerprint density at radius 3 is 2.36 bits per heavy atom. The van der Waals surface area contributed by atoms with Crippen LogP contribution in [0, 0.1) is 0 Å². The summed E-state index contributed by atoms with van der Waals surface area (Å²) in [5, 5.41) is 11.0. The van der Waals surface area contributed by atoms with Crippen LogP contribution in [0.25, 0.3) is 0 Å². The lowest BCUT2D eigenvalue weighted by Crippen LogP contribution is -2.32. The molecule has 1 amide bonds. The van der Waals surface area contributed by atoms with Crippen LogP contribution in [0.1, 0.15) is 34.9 Å². The summed E-state index contributed by atoms with van der Waals surface area (Å²) in [5.74, 6) is 0.580. The molecule has 1 aromatic carbocycles. The number of nitrogens with zero attached hydrogens (tertiary/aromatic N) is 3. The first-order chi connectivity index (χ1) is 11.2. The average Bonchev–Trinajstić information content (AvgIpc) is 3.15. The fourth-order valence-electron chi connectivity index (χ4n) is 2.67. The molecule has 0 bridgehead atoms. The zero-order chi connectivity index (χ0) is 16.1. The first-order valence-electron chi connectivity index (χ1n) is 7.91. The van der Waals surface area contributed by atoms with Crippen LogP contribution >= 0.6 is 24.8 Å². The summed E-state index contributed by atoms with van der Waals surface area (Å²) in [7, 11) is 0. The molecule has 1 aromatic heterocycles. The van der Waals surface area contributed by atoms with Crippen LogP contribution in [0.4, 0.5) is 5.82 Å². The molecule has 136 valence electrons. The van der Waals surface area contributed by atoms with Gasteiger partial charge >= 0.3 is 0 Å². The minimum absolute atomic E-state index is 0. The third-order valence-corrected chi connectivity index (χ3v) is 4.02. The Kier molecular flexibility index (Phi) is 8.61. The molecule has 1 aliphatic rings. The van der Waals surface area contributed by atoms with Gasteiger partial charge < -0.3 is 16.0 Å². The van der Waals surface area contributed by atoms with Gasteiger partial charge in [-0.25, -0.2) is 0 Å². The van der Waals surface area contributed by atoms with Crippen LogP contribution in [0.3, 0.4) is 0 Å². The smallest absolute Gasteiger partial charge is 0.271 e. The van der Waals surface area contributed by atoms with E-state index in [2.05, 4.69) is 20.4 Å². The molecule has 1 saturated heterocycles. The van der Waals surface area contributed by atoms with E-state index in [1.165, 1.54) is 12.8 Å². The number of rotatable bonds is 5. The maximum atomic E-state index is 12.1. The Balaban J connectivity index is 0.00000156. The molecule has 3 rings (SSSR count). The van der Waals surface area contributed by atoms with Crippen LogP contribution in [0.5, 0.6) is 0 Å². The van der Waals surface area contributed by atoms with Crippen molar-refractivity contribution in [1.29, 1.82) is 0 Å². The van der Waals surface area contributed by atoms with Gasteiger partial charge in [0.15, 0.2) is 11.5 Å². The number of nitrogens with one attached hydrogen (secondary N) is 1. The monoisotopic (exact) mass is 383 g/mol. The van der Waals surface area contributed by atoms with E-state index in [-0.39, 0.29) is 36.8 Å². The van der Waals surface area contributed by atoms with Gasteiger partial charge in [-0.05, 0) is 30.5 Å². The van der Waals surface area contributed by atoms with Gasteiger partial charge in [0.1, 0.15) is 0 Å². The van der Waals surface area contributed by atoms with Crippen molar-refractivity contribution < 1.29 is 4.79 Å². The van der Waals surface area contributed by atoms with Gasteiger partial charge in [-0.2, -0.15) is 0 Å². The molecule has 3 N–H and O–H groups in total. The summed E-state index contributed by atoms with van der Waals surface area (Å²) in [6, 6.07) is 13.0. The SMILES string of the molecule is Cl.Cl.NC(CNC(=O)c1ccc(N2CCCC2)nn1)c1ccccc1. The molecule has 25 heavy (non-hydrogen) atoms. The third-order valence-electron chi connectivity index (χ3n) is 4.02. The summed E-state index contributed by atoms with van der Waals surface area (Å²) < 4.78 is 0. The van der Waals surface area contributed by atoms with E-state index in [0.29, 0.717) is 12.2 Å². The molecular formula is C17H23Cl2N5O. The normalized spacial score (nSPS) is 14.2. The number of anilines is 1. The van der Waals surface area contributed by atoms with E-state index in [0.717, 1.165) is 24.5 Å². The fourth-order valence-corrected chi connectivity index (χ4v) is 2.67. The lowest BCUT2D eigenvalue weighted by molar-refractivity contribution is 0.0945. The summed E-state index contributed by atoms with van der Waals surface area (Å²) in [5.41, 5.74) is 7.37. The van der Waals surface area contributed by atoms with Gasteiger partial charge in [0, 0.05) is 25.7 Å². The summed E-state index contributed by atoms with van der Waals surface area (Å²) in [6.07, 6.45) is 2.36. The lowest BCUT2D eigenvalue weighted by atomic mass is 10.1. The molecule has 2 heterocycles. The van der Waals surface area contributed by atoms with Gasteiger partial charge in [0.2, 0.25) is 0 Å². The van der Waals surface area contributed by atoms with E-state index in [1.807, 2.05) is 36.4 Å². The maximum Gasteiger partial charge on any atom is 0.271 e. The Bertz CT molecular complexity index is 648. The molecule has 1 aliphatic heterocycles. The Morgan fingerprint density at radius 1 is 1.08 bits per heavy atom. The standard InChI is InChI=1S/C17H21N5O.2ClH/c18-14(13-6-2-1-3-7-13)12-19-17(23)15-8-9-16(21-20-15)22-10-4-5-11-22;;/h1-3,6-9,14H,4-5,10-12,18H2,(H,19,23);2*1H. The number of amides is 1. The van der Waals surface area contributed by atoms with E-state index in [9.17, 15) is 4.79 Å². The molecule has 0 aliphatic carbocycles. The summed E-state index contributed by atoms with van der Waals surface area (Å²) in [6.45, 7) is 2.37. The molecular weight excluding hydrogens is 361 g/mol. The van der Waals surface area contributed by atoms with Crippen molar-refractivity contribution in [2.24, 2.45) is 5.73 Å². The van der Waals surface area contributed by atoms with Crippen molar-refractivity contribution in [3.05, 3.63) is 53.7 Å². The predicted molar refractivity (Wildman–Crippen MR) is 104 cm³/mol. The number of hydrogen-bond donors (Lipinski definition) is 2. The highest BCUT2D eigenvalue weighted by atomic mass is 35.5. The van der Waals surface area contributed by atoms with E-state index in [4.69, 9.17) is 5.73 Å². The molecule has 6 nitrogen and oxygen atoms in total. The van der Waals surface area contributed by atoms with Crippen LogP contribution in [-0.4, -0.2) is 35.7 Å². The van der Waals surface area contributed by atoms with Gasteiger partial charge in [-0.3, -0.25) is 4.79 Å². The highest BCUT2D eigenvalue weighted by Crippen LogP contribution is 2.16. The van der Waals surface area contributed by atoms with Crippen molar-refractivity contribution in [3.63, 3.8) is 0 Å². The minimum Gasteiger partial charge on any atom is -0.355 e. The third kappa shape index (κ3) is 5.56. The molecule has 2 aromatic rings. The van der Waals surface area contributed by atoms with Crippen LogP contribution < -0.4 is 16.0 Å². The van der Waals surface area contributed by atoms with Crippen LogP contribution in [0.2, 0.25) is 0 Å². The number of hydrogen-bond acceptors (Lipinski definition) is 5. The maximum absolute atomic E-state index is 12.1. The fraction of sp³-hybridized carbons (Fsp3) is 0.353. The number of carbonyl (C=O) groups excluding carboxylic acids is 1. The Labute approximate surface area is 160 Å². The van der Waals surface area contributed by atoms with Gasteiger partial charge in [-0.1, -0.05) is 30.3 Å². The topological polar surface area (TPSA) is 84.1 Å². The molecule has 0 saturated carbocycles. The highest BCUT2D eigenvalue weighted by Gasteiger charge is 2.15. The second-order valence-electron chi connectivity index (χ2n) is 5.70. The summed E-state index contributed by atoms with van der Waals surface area (Å²) in [4.78, 5) is 14.3. The van der Waals surface area contributed by atoms with Crippen molar-refractivity contribution >= 4 is 36.5 Å². The first kappa shape index (κ1) is 21.2. The van der Waals surface area contributed by atoms with Gasteiger partial charge in [-0.15, -0.1) is 35.0 Å². The molecule has 8 heteroatoms. The van der Waals surface area contributed by atoms with Crippen LogP contribution in [-0.2, 0) is 0 Å². The van der Waals surface area contributed by atoms with Crippen molar-refractivity contribution in [2.75, 3.05) is 24.5 Å². The predicted octanol–water partition coefficient (Wildman–Crippen LogP) is 2.35. The van der Waals surface area contributed by atoms with Crippen molar-refractivity contribution in [3.8, 4) is 0 Å². The second kappa shape index (κ2) is 10.2. The lowest BCUT2D eigenvalue weighted by Gasteiger charge is -2.15. The summed E-state index contributed by atoms with van der Waals surface area (Å²) >= 11 is 0. The van der Waals surface area contributed by atoms with Gasteiger partial charge in [0.25, 0.3) is 5.91 Å². The number of benzene rings is 1. The van der Waals surface area contributed by atoms with E-state index < -0.39 is 0 Å². The largest absolute Gasteiger partial charge is 0.355 e. The van der Waals surface area contributed by atoms with Crippen LogP contribution in [0.15, 0.2) is 42.5 Å². The molecule has 0 spiro atoms. The number of halogens is 2. The molecule has 1 atom stereocenters. The van der Waals surface area contributed by atoms with Crippen molar-refractivity contribution in [1.82, 2.24) is 15.5 Å². The van der Waals surface area contributed by atoms with E-state index >= 15 is 0 Å². The molecule has 1 fully saturated rings. The second-order valence-corrected chi connectivity index (χ2v) is 5.70. The van der Waals surface area contributed by atoms with Gasteiger partial charge in [0.05, 0.1) is 0 Å². The zero-order valence-electron chi connectivity index (χ0n) is 13.8. The molecule has 1 unspecified atom stereocenters.